The van der Waals surface area contributed by atoms with Crippen LogP contribution < -0.4 is 15.6 Å². The molecule has 5 rings (SSSR count). The van der Waals surface area contributed by atoms with Crippen molar-refractivity contribution in [2.75, 3.05) is 24.0 Å². The van der Waals surface area contributed by atoms with Crippen molar-refractivity contribution >= 4 is 30.0 Å². The van der Waals surface area contributed by atoms with Crippen molar-refractivity contribution in [2.45, 2.75) is 39.2 Å². The smallest absolute Gasteiger partial charge is 0.425 e. The van der Waals surface area contributed by atoms with E-state index in [1.165, 1.54) is 6.42 Å². The number of anilines is 2. The molecule has 10 heteroatoms. The Balaban J connectivity index is 1.52. The molecular formula is C26H32N5O4P. The Kier molecular flexibility index (Phi) is 6.79. The molecule has 3 N–H and O–H groups in total. The van der Waals surface area contributed by atoms with E-state index in [0.29, 0.717) is 23.5 Å². The first kappa shape index (κ1) is 24.4. The van der Waals surface area contributed by atoms with Crippen LogP contribution in [0.25, 0.3) is 22.2 Å². The fourth-order valence-corrected chi connectivity index (χ4v) is 5.91. The van der Waals surface area contributed by atoms with Gasteiger partial charge in [-0.15, -0.1) is 0 Å². The van der Waals surface area contributed by atoms with E-state index < -0.39 is 7.75 Å². The van der Waals surface area contributed by atoms with E-state index in [1.807, 2.05) is 60.3 Å². The van der Waals surface area contributed by atoms with Crippen LogP contribution >= 0.6 is 7.75 Å². The van der Waals surface area contributed by atoms with Crippen molar-refractivity contribution in [1.82, 2.24) is 14.1 Å². The molecule has 0 bridgehead atoms. The lowest BCUT2D eigenvalue weighted by Gasteiger charge is -2.30. The topological polar surface area (TPSA) is 106 Å². The van der Waals surface area contributed by atoms with Crippen LogP contribution in [0.15, 0.2) is 54.9 Å². The van der Waals surface area contributed by atoms with Gasteiger partial charge in [0.15, 0.2) is 0 Å². The number of ether oxygens (including phenoxy) is 1. The second-order valence-electron chi connectivity index (χ2n) is 8.84. The van der Waals surface area contributed by atoms with Gasteiger partial charge >= 0.3 is 13.8 Å². The van der Waals surface area contributed by atoms with Crippen LogP contribution in [0.5, 0.6) is 11.8 Å². The second-order valence-corrected chi connectivity index (χ2v) is 10.6. The number of hydrogen-bond acceptors (Lipinski definition) is 6. The monoisotopic (exact) mass is 509 g/mol. The molecule has 2 heterocycles. The lowest BCUT2D eigenvalue weighted by Crippen LogP contribution is -2.17. The molecular weight excluding hydrogens is 477 g/mol. The summed E-state index contributed by atoms with van der Waals surface area (Å²) in [6.07, 6.45) is 6.96. The summed E-state index contributed by atoms with van der Waals surface area (Å²) in [7, 11) is -1.52. The van der Waals surface area contributed by atoms with Gasteiger partial charge in [-0.3, -0.25) is 14.1 Å². The first-order chi connectivity index (χ1) is 17.4. The summed E-state index contributed by atoms with van der Waals surface area (Å²) in [5, 5.41) is 3.91. The zero-order valence-corrected chi connectivity index (χ0v) is 21.7. The van der Waals surface area contributed by atoms with Gasteiger partial charge in [0, 0.05) is 48.2 Å². The van der Waals surface area contributed by atoms with Crippen molar-refractivity contribution in [3.05, 3.63) is 54.9 Å². The third-order valence-electron chi connectivity index (χ3n) is 6.46. The van der Waals surface area contributed by atoms with Crippen LogP contribution in [-0.2, 0) is 20.7 Å². The first-order valence-corrected chi connectivity index (χ1v) is 13.8. The summed E-state index contributed by atoms with van der Waals surface area (Å²) in [6.45, 7) is 4.13. The van der Waals surface area contributed by atoms with E-state index >= 15 is 0 Å². The van der Waals surface area contributed by atoms with E-state index in [1.54, 1.807) is 20.0 Å². The van der Waals surface area contributed by atoms with Crippen LogP contribution in [0.1, 0.15) is 39.2 Å². The lowest BCUT2D eigenvalue weighted by atomic mass is 9.92. The average molecular weight is 510 g/mol. The van der Waals surface area contributed by atoms with Crippen LogP contribution in [0, 0.1) is 0 Å². The molecule has 0 spiro atoms. The Bertz CT molecular complexity index is 1400. The molecule has 4 aromatic rings. The van der Waals surface area contributed by atoms with Crippen molar-refractivity contribution in [3.63, 3.8) is 0 Å². The molecule has 1 fully saturated rings. The van der Waals surface area contributed by atoms with E-state index in [2.05, 4.69) is 14.6 Å². The normalized spacial score (nSPS) is 14.2. The van der Waals surface area contributed by atoms with Crippen LogP contribution in [0.3, 0.4) is 0 Å². The van der Waals surface area contributed by atoms with Crippen molar-refractivity contribution in [3.8, 4) is 23.0 Å². The van der Waals surface area contributed by atoms with Crippen LogP contribution in [0.4, 0.5) is 11.4 Å². The lowest BCUT2D eigenvalue weighted by molar-refractivity contribution is 0.225. The number of benzene rings is 2. The zero-order chi connectivity index (χ0) is 25.3. The molecule has 1 aliphatic carbocycles. The highest BCUT2D eigenvalue weighted by Crippen LogP contribution is 2.49. The highest BCUT2D eigenvalue weighted by atomic mass is 31.2. The Morgan fingerprint density at radius 1 is 1.11 bits per heavy atom. The number of fused-ring (bicyclic) bond motifs is 1. The zero-order valence-electron chi connectivity index (χ0n) is 20.8. The van der Waals surface area contributed by atoms with E-state index in [4.69, 9.17) is 19.5 Å². The van der Waals surface area contributed by atoms with Crippen molar-refractivity contribution in [2.24, 2.45) is 7.05 Å². The van der Waals surface area contributed by atoms with Gasteiger partial charge in [0.1, 0.15) is 5.75 Å². The molecule has 0 saturated heterocycles. The molecule has 0 radical (unpaired) electrons. The van der Waals surface area contributed by atoms with Crippen LogP contribution in [-0.4, -0.2) is 27.3 Å². The number of nitrogens with zero attached hydrogens (tertiary/aromatic N) is 3. The predicted molar refractivity (Wildman–Crippen MR) is 142 cm³/mol. The van der Waals surface area contributed by atoms with Gasteiger partial charge in [-0.05, 0) is 57.4 Å². The fourth-order valence-electron chi connectivity index (χ4n) is 4.56. The minimum Gasteiger partial charge on any atom is -0.425 e. The maximum Gasteiger partial charge on any atom is 0.432 e. The molecule has 0 atom stereocenters. The number of nitrogens with two attached hydrogens (primary N) is 1. The number of rotatable bonds is 10. The van der Waals surface area contributed by atoms with Gasteiger partial charge in [-0.2, -0.15) is 0 Å². The van der Waals surface area contributed by atoms with Gasteiger partial charge < -0.3 is 19.6 Å². The average Bonchev–Trinajstić information content (AvgIpc) is 3.34. The number of nitrogen functional groups attached to an aromatic ring is 1. The second kappa shape index (κ2) is 10.0. The highest BCUT2D eigenvalue weighted by molar-refractivity contribution is 7.55. The largest absolute Gasteiger partial charge is 0.432 e. The molecule has 0 unspecified atom stereocenters. The Morgan fingerprint density at radius 3 is 2.42 bits per heavy atom. The highest BCUT2D eigenvalue weighted by Gasteiger charge is 2.28. The summed E-state index contributed by atoms with van der Waals surface area (Å²) >= 11 is 0. The molecule has 1 saturated carbocycles. The summed E-state index contributed by atoms with van der Waals surface area (Å²) < 4.78 is 33.8. The molecule has 1 aliphatic rings. The molecule has 190 valence electrons. The minimum atomic E-state index is -3.42. The molecule has 36 heavy (non-hydrogen) atoms. The number of hydrogen-bond donors (Lipinski definition) is 2. The van der Waals surface area contributed by atoms with Gasteiger partial charge in [0.25, 0.3) is 0 Å². The molecule has 0 aliphatic heterocycles. The third-order valence-corrected chi connectivity index (χ3v) is 8.19. The van der Waals surface area contributed by atoms with Crippen LogP contribution in [0.2, 0.25) is 0 Å². The Labute approximate surface area is 210 Å². The van der Waals surface area contributed by atoms with E-state index in [-0.39, 0.29) is 13.2 Å². The standard InChI is InChI=1S/C26H32N5O4P/c1-4-33-36(32,34-5-2)29-19-11-9-18(10-12-19)25-24(27)22-14-13-21(35-26-28-15-16-30(26)3)17-23(22)31(25)20-7-6-8-20/h9-17,20H,4-8,27H2,1-3H3,(H,29,32). The molecule has 0 amide bonds. The van der Waals surface area contributed by atoms with Gasteiger partial charge in [0.05, 0.1) is 30.1 Å². The SMILES string of the molecule is CCOP(=O)(Nc1ccc(-c2c(N)c3ccc(Oc4nccn4C)cc3n2C2CCC2)cc1)OCC. The van der Waals surface area contributed by atoms with Gasteiger partial charge in [0.2, 0.25) is 0 Å². The maximum absolute atomic E-state index is 12.9. The number of aryl methyl sites for hydroxylation is 1. The molecule has 2 aromatic heterocycles. The first-order valence-electron chi connectivity index (χ1n) is 12.3. The summed E-state index contributed by atoms with van der Waals surface area (Å²) in [4.78, 5) is 4.27. The minimum absolute atomic E-state index is 0.284. The van der Waals surface area contributed by atoms with Crippen molar-refractivity contribution < 1.29 is 18.3 Å². The number of nitrogens with one attached hydrogen (secondary N) is 1. The Morgan fingerprint density at radius 2 is 1.83 bits per heavy atom. The summed E-state index contributed by atoms with van der Waals surface area (Å²) in [5.41, 5.74) is 11.1. The van der Waals surface area contributed by atoms with Gasteiger partial charge in [-0.25, -0.2) is 9.55 Å². The summed E-state index contributed by atoms with van der Waals surface area (Å²) in [6, 6.07) is 14.6. The quantitative estimate of drug-likeness (QED) is 0.228. The van der Waals surface area contributed by atoms with E-state index in [0.717, 1.165) is 40.7 Å². The third kappa shape index (κ3) is 4.62. The van der Waals surface area contributed by atoms with E-state index in [9.17, 15) is 4.57 Å². The fraction of sp³-hybridized carbons (Fsp3) is 0.346. The Hall–Kier alpha value is -3.26. The van der Waals surface area contributed by atoms with Gasteiger partial charge in [-0.1, -0.05) is 12.1 Å². The summed E-state index contributed by atoms with van der Waals surface area (Å²) in [5.74, 6) is 0.712. The van der Waals surface area contributed by atoms with Crippen molar-refractivity contribution in [1.29, 1.82) is 0 Å². The number of aromatic nitrogens is 3. The maximum atomic E-state index is 12.9. The number of imidazole rings is 1. The predicted octanol–water partition coefficient (Wildman–Crippen LogP) is 6.73. The molecule has 9 nitrogen and oxygen atoms in total. The molecule has 2 aromatic carbocycles.